The molecule has 1 fully saturated rings. The predicted molar refractivity (Wildman–Crippen MR) is 67.4 cm³/mol. The van der Waals surface area contributed by atoms with Crippen molar-refractivity contribution < 1.29 is 23.8 Å². The van der Waals surface area contributed by atoms with Crippen LogP contribution in [0, 0.1) is 5.82 Å². The van der Waals surface area contributed by atoms with E-state index in [9.17, 15) is 19.1 Å². The number of halogens is 2. The summed E-state index contributed by atoms with van der Waals surface area (Å²) in [7, 11) is 0. The van der Waals surface area contributed by atoms with E-state index < -0.39 is 23.2 Å². The maximum Gasteiger partial charge on any atom is 0.331 e. The third-order valence-corrected chi connectivity index (χ3v) is 3.45. The molecule has 1 heterocycles. The Labute approximate surface area is 116 Å². The molecule has 1 atom stereocenters. The van der Waals surface area contributed by atoms with Gasteiger partial charge in [0.25, 0.3) is 5.91 Å². The van der Waals surface area contributed by atoms with Crippen molar-refractivity contribution >= 4 is 27.8 Å². The number of carbonyl (C=O) groups is 2. The monoisotopic (exact) mass is 331 g/mol. The van der Waals surface area contributed by atoms with Gasteiger partial charge in [0.05, 0.1) is 12.2 Å². The Hall–Kier alpha value is -1.47. The number of nitrogens with one attached hydrogen (secondary N) is 1. The standard InChI is InChI=1S/C12H11BrFNO4/c13-7-1-2-9(14)8(5-7)10(16)15-12(11(17)18)3-4-19-6-12/h1-2,5H,3-4,6H2,(H,15,16)(H,17,18). The van der Waals surface area contributed by atoms with Crippen molar-refractivity contribution in [2.45, 2.75) is 12.0 Å². The number of ether oxygens (including phenoxy) is 1. The van der Waals surface area contributed by atoms with Crippen LogP contribution in [0.15, 0.2) is 22.7 Å². The largest absolute Gasteiger partial charge is 0.479 e. The summed E-state index contributed by atoms with van der Waals surface area (Å²) >= 11 is 3.13. The van der Waals surface area contributed by atoms with Gasteiger partial charge in [-0.3, -0.25) is 4.79 Å². The molecule has 1 aromatic rings. The van der Waals surface area contributed by atoms with E-state index in [1.807, 2.05) is 0 Å². The van der Waals surface area contributed by atoms with E-state index in [1.54, 1.807) is 0 Å². The third-order valence-electron chi connectivity index (χ3n) is 2.96. The maximum atomic E-state index is 13.6. The van der Waals surface area contributed by atoms with Gasteiger partial charge in [-0.2, -0.15) is 0 Å². The van der Waals surface area contributed by atoms with Crippen LogP contribution in [0.1, 0.15) is 16.8 Å². The summed E-state index contributed by atoms with van der Waals surface area (Å²) < 4.78 is 19.1. The molecule has 1 aliphatic rings. The highest BCUT2D eigenvalue weighted by Gasteiger charge is 2.44. The van der Waals surface area contributed by atoms with Crippen LogP contribution in [0.2, 0.25) is 0 Å². The van der Waals surface area contributed by atoms with Crippen molar-refractivity contribution in [3.8, 4) is 0 Å². The van der Waals surface area contributed by atoms with Crippen molar-refractivity contribution in [2.24, 2.45) is 0 Å². The van der Waals surface area contributed by atoms with Gasteiger partial charge in [-0.15, -0.1) is 0 Å². The van der Waals surface area contributed by atoms with E-state index in [0.717, 1.165) is 6.07 Å². The van der Waals surface area contributed by atoms with Gasteiger partial charge in [0.2, 0.25) is 0 Å². The first-order valence-electron chi connectivity index (χ1n) is 5.53. The molecule has 19 heavy (non-hydrogen) atoms. The van der Waals surface area contributed by atoms with Gasteiger partial charge in [-0.25, -0.2) is 9.18 Å². The molecule has 1 unspecified atom stereocenters. The lowest BCUT2D eigenvalue weighted by molar-refractivity contribution is -0.144. The number of carboxylic acid groups (broad SMARTS) is 1. The number of carbonyl (C=O) groups excluding carboxylic acids is 1. The number of hydrogen-bond acceptors (Lipinski definition) is 3. The molecule has 7 heteroatoms. The maximum absolute atomic E-state index is 13.6. The van der Waals surface area contributed by atoms with Crippen molar-refractivity contribution in [1.29, 1.82) is 0 Å². The molecule has 2 rings (SSSR count). The van der Waals surface area contributed by atoms with Gasteiger partial charge >= 0.3 is 5.97 Å². The second kappa shape index (κ2) is 5.26. The lowest BCUT2D eigenvalue weighted by Crippen LogP contribution is -2.55. The van der Waals surface area contributed by atoms with E-state index >= 15 is 0 Å². The third kappa shape index (κ3) is 2.76. The zero-order chi connectivity index (χ0) is 14.0. The number of amides is 1. The van der Waals surface area contributed by atoms with Crippen LogP contribution in [-0.4, -0.2) is 35.7 Å². The molecule has 0 aliphatic carbocycles. The number of hydrogen-bond donors (Lipinski definition) is 2. The normalized spacial score (nSPS) is 22.2. The lowest BCUT2D eigenvalue weighted by Gasteiger charge is -2.23. The summed E-state index contributed by atoms with van der Waals surface area (Å²) in [5.41, 5.74) is -1.69. The first kappa shape index (κ1) is 14.0. The SMILES string of the molecule is O=C(NC1(C(=O)O)CCOC1)c1cc(Br)ccc1F. The molecule has 5 nitrogen and oxygen atoms in total. The van der Waals surface area contributed by atoms with Crippen LogP contribution in [-0.2, 0) is 9.53 Å². The Morgan fingerprint density at radius 1 is 1.47 bits per heavy atom. The summed E-state index contributed by atoms with van der Waals surface area (Å²) in [6.45, 7) is 0.122. The van der Waals surface area contributed by atoms with Crippen LogP contribution in [0.25, 0.3) is 0 Å². The molecule has 2 N–H and O–H groups in total. The minimum absolute atomic E-state index is 0.121. The van der Waals surface area contributed by atoms with Crippen molar-refractivity contribution in [1.82, 2.24) is 5.32 Å². The van der Waals surface area contributed by atoms with Gasteiger partial charge in [-0.05, 0) is 18.2 Å². The molecule has 102 valence electrons. The predicted octanol–water partition coefficient (Wildman–Crippen LogP) is 1.56. The van der Waals surface area contributed by atoms with Crippen molar-refractivity contribution in [3.05, 3.63) is 34.1 Å². The second-order valence-electron chi connectivity index (χ2n) is 4.27. The number of benzene rings is 1. The van der Waals surface area contributed by atoms with Crippen LogP contribution in [0.4, 0.5) is 4.39 Å². The number of rotatable bonds is 3. The van der Waals surface area contributed by atoms with E-state index in [-0.39, 0.29) is 25.2 Å². The van der Waals surface area contributed by atoms with Crippen molar-refractivity contribution in [2.75, 3.05) is 13.2 Å². The summed E-state index contributed by atoms with van der Waals surface area (Å²) in [5.74, 6) is -2.67. The fraction of sp³-hybridized carbons (Fsp3) is 0.333. The molecular weight excluding hydrogens is 321 g/mol. The van der Waals surface area contributed by atoms with Crippen LogP contribution in [0.5, 0.6) is 0 Å². The fourth-order valence-corrected chi connectivity index (χ4v) is 2.20. The summed E-state index contributed by atoms with van der Waals surface area (Å²) in [4.78, 5) is 23.2. The smallest absolute Gasteiger partial charge is 0.331 e. The molecule has 0 spiro atoms. The Bertz CT molecular complexity index is 528. The molecule has 1 saturated heterocycles. The summed E-state index contributed by atoms with van der Waals surface area (Å²) in [5, 5.41) is 11.5. The van der Waals surface area contributed by atoms with Crippen LogP contribution < -0.4 is 5.32 Å². The average Bonchev–Trinajstić information content (AvgIpc) is 2.82. The minimum Gasteiger partial charge on any atom is -0.479 e. The Morgan fingerprint density at radius 3 is 2.79 bits per heavy atom. The second-order valence-corrected chi connectivity index (χ2v) is 5.18. The summed E-state index contributed by atoms with van der Waals surface area (Å²) in [6, 6.07) is 3.89. The topological polar surface area (TPSA) is 75.6 Å². The Balaban J connectivity index is 2.25. The Morgan fingerprint density at radius 2 is 2.21 bits per heavy atom. The highest BCUT2D eigenvalue weighted by atomic mass is 79.9. The minimum atomic E-state index is -1.48. The van der Waals surface area contributed by atoms with Gasteiger partial charge in [0.15, 0.2) is 5.54 Å². The average molecular weight is 332 g/mol. The number of aliphatic carboxylic acids is 1. The molecule has 0 radical (unpaired) electrons. The highest BCUT2D eigenvalue weighted by Crippen LogP contribution is 2.21. The quantitative estimate of drug-likeness (QED) is 0.881. The molecule has 0 bridgehead atoms. The molecule has 1 amide bonds. The van der Waals surface area contributed by atoms with Gasteiger partial charge < -0.3 is 15.2 Å². The van der Waals surface area contributed by atoms with E-state index in [2.05, 4.69) is 21.2 Å². The van der Waals surface area contributed by atoms with E-state index in [1.165, 1.54) is 12.1 Å². The first-order valence-corrected chi connectivity index (χ1v) is 6.33. The Kier molecular flexibility index (Phi) is 3.86. The zero-order valence-corrected chi connectivity index (χ0v) is 11.4. The number of carboxylic acids is 1. The van der Waals surface area contributed by atoms with Gasteiger partial charge in [-0.1, -0.05) is 15.9 Å². The molecular formula is C12H11BrFNO4. The zero-order valence-electron chi connectivity index (χ0n) is 9.78. The van der Waals surface area contributed by atoms with E-state index in [0.29, 0.717) is 4.47 Å². The van der Waals surface area contributed by atoms with Gasteiger partial charge in [0.1, 0.15) is 5.82 Å². The van der Waals surface area contributed by atoms with Crippen LogP contribution >= 0.6 is 15.9 Å². The molecule has 1 aromatic carbocycles. The highest BCUT2D eigenvalue weighted by molar-refractivity contribution is 9.10. The molecule has 0 saturated carbocycles. The van der Waals surface area contributed by atoms with Gasteiger partial charge in [0, 0.05) is 17.5 Å². The molecule has 0 aromatic heterocycles. The molecule has 1 aliphatic heterocycles. The van der Waals surface area contributed by atoms with Crippen LogP contribution in [0.3, 0.4) is 0 Å². The fourth-order valence-electron chi connectivity index (χ4n) is 1.84. The first-order chi connectivity index (χ1) is 8.94. The van der Waals surface area contributed by atoms with Crippen molar-refractivity contribution in [3.63, 3.8) is 0 Å². The van der Waals surface area contributed by atoms with E-state index in [4.69, 9.17) is 4.74 Å². The lowest BCUT2D eigenvalue weighted by atomic mass is 9.98. The summed E-state index contributed by atoms with van der Waals surface area (Å²) in [6.07, 6.45) is 0.156.